The Labute approximate surface area is 105 Å². The Kier molecular flexibility index (Phi) is 4.68. The van der Waals surface area contributed by atoms with E-state index >= 15 is 0 Å². The average Bonchev–Trinajstić information content (AvgIpc) is 2.76. The zero-order valence-electron chi connectivity index (χ0n) is 10.1. The Balaban J connectivity index is 2.48. The van der Waals surface area contributed by atoms with Crippen molar-refractivity contribution in [2.75, 3.05) is 12.9 Å². The molecular formula is C9H16N4O4S. The first-order valence-corrected chi connectivity index (χ1v) is 7.05. The minimum atomic E-state index is -3.24. The summed E-state index contributed by atoms with van der Waals surface area (Å²) in [5.74, 6) is -0.0210. The molecule has 0 radical (unpaired) electrons. The van der Waals surface area contributed by atoms with Crippen LogP contribution in [-0.2, 0) is 21.1 Å². The second kappa shape index (κ2) is 5.83. The molecule has 102 valence electrons. The summed E-state index contributed by atoms with van der Waals surface area (Å²) in [4.78, 5) is 0.159. The fraction of sp³-hybridized carbons (Fsp3) is 0.556. The van der Waals surface area contributed by atoms with Crippen molar-refractivity contribution in [2.45, 2.75) is 24.5 Å². The Morgan fingerprint density at radius 1 is 1.72 bits per heavy atom. The molecule has 8 nitrogen and oxygen atoms in total. The van der Waals surface area contributed by atoms with Crippen LogP contribution < -0.4 is 5.73 Å². The van der Waals surface area contributed by atoms with Gasteiger partial charge in [-0.2, -0.15) is 5.10 Å². The molecule has 9 heteroatoms. The minimum absolute atomic E-state index is 0.0210. The van der Waals surface area contributed by atoms with Crippen LogP contribution in [0.5, 0.6) is 0 Å². The largest absolute Gasteiger partial charge is 0.409 e. The Hall–Kier alpha value is -1.61. The fourth-order valence-electron chi connectivity index (χ4n) is 1.15. The first-order valence-electron chi connectivity index (χ1n) is 5.16. The molecule has 1 heterocycles. The summed E-state index contributed by atoms with van der Waals surface area (Å²) in [5, 5.41) is 15.1. The highest BCUT2D eigenvalue weighted by Gasteiger charge is 2.11. The maximum absolute atomic E-state index is 11.2. The second-order valence-electron chi connectivity index (χ2n) is 3.75. The smallest absolute Gasteiger partial charge is 0.178 e. The molecule has 0 aliphatic heterocycles. The molecule has 0 aromatic carbocycles. The lowest BCUT2D eigenvalue weighted by molar-refractivity contribution is 0.0969. The third-order valence-electron chi connectivity index (χ3n) is 2.26. The monoisotopic (exact) mass is 276 g/mol. The van der Waals surface area contributed by atoms with Crippen LogP contribution in [0.3, 0.4) is 0 Å². The summed E-state index contributed by atoms with van der Waals surface area (Å²) >= 11 is 0. The first-order chi connectivity index (χ1) is 8.34. The summed E-state index contributed by atoms with van der Waals surface area (Å²) in [5.41, 5.74) is 5.33. The number of oxime groups is 1. The molecule has 0 amide bonds. The van der Waals surface area contributed by atoms with E-state index in [0.29, 0.717) is 6.54 Å². The van der Waals surface area contributed by atoms with Crippen molar-refractivity contribution >= 4 is 15.7 Å². The van der Waals surface area contributed by atoms with Gasteiger partial charge in [-0.1, -0.05) is 5.16 Å². The van der Waals surface area contributed by atoms with E-state index in [2.05, 4.69) is 10.3 Å². The van der Waals surface area contributed by atoms with Gasteiger partial charge in [0.2, 0.25) is 0 Å². The predicted octanol–water partition coefficient (Wildman–Crippen LogP) is -0.562. The van der Waals surface area contributed by atoms with Crippen LogP contribution in [-0.4, -0.2) is 48.2 Å². The molecule has 1 atom stereocenters. The topological polar surface area (TPSA) is 120 Å². The Bertz CT molecular complexity index is 522. The van der Waals surface area contributed by atoms with E-state index < -0.39 is 15.9 Å². The van der Waals surface area contributed by atoms with Gasteiger partial charge >= 0.3 is 0 Å². The number of rotatable bonds is 6. The number of nitrogens with zero attached hydrogens (tertiary/aromatic N) is 3. The second-order valence-corrected chi connectivity index (χ2v) is 5.76. The van der Waals surface area contributed by atoms with Gasteiger partial charge < -0.3 is 15.7 Å². The number of hydrogen-bond acceptors (Lipinski definition) is 6. The lowest BCUT2D eigenvalue weighted by Gasteiger charge is -2.10. The summed E-state index contributed by atoms with van der Waals surface area (Å²) in [6.45, 7) is 2.28. The van der Waals surface area contributed by atoms with Gasteiger partial charge in [0, 0.05) is 12.5 Å². The maximum atomic E-state index is 11.2. The molecule has 0 spiro atoms. The highest BCUT2D eigenvalue weighted by atomic mass is 32.2. The van der Waals surface area contributed by atoms with Crippen molar-refractivity contribution < 1.29 is 18.4 Å². The van der Waals surface area contributed by atoms with Crippen LogP contribution in [0.25, 0.3) is 0 Å². The van der Waals surface area contributed by atoms with E-state index in [-0.39, 0.29) is 17.3 Å². The van der Waals surface area contributed by atoms with Gasteiger partial charge in [0.25, 0.3) is 0 Å². The molecule has 1 aromatic rings. The molecule has 0 bridgehead atoms. The molecule has 0 aliphatic rings. The van der Waals surface area contributed by atoms with E-state index in [0.717, 1.165) is 6.26 Å². The standard InChI is InChI=1S/C9H16N4O4S/c1-7(9(10)12-14)17-4-3-13-6-8(5-11-13)18(2,15)16/h5-7,14H,3-4H2,1-2H3,(H2,10,12). The third kappa shape index (κ3) is 4.00. The summed E-state index contributed by atoms with van der Waals surface area (Å²) < 4.78 is 29.1. The number of ether oxygens (including phenoxy) is 1. The zero-order chi connectivity index (χ0) is 13.8. The van der Waals surface area contributed by atoms with Crippen molar-refractivity contribution in [3.8, 4) is 0 Å². The molecule has 1 aromatic heterocycles. The summed E-state index contributed by atoms with van der Waals surface area (Å²) in [7, 11) is -3.24. The van der Waals surface area contributed by atoms with Crippen molar-refractivity contribution in [3.63, 3.8) is 0 Å². The van der Waals surface area contributed by atoms with E-state index in [1.165, 1.54) is 17.1 Å². The highest BCUT2D eigenvalue weighted by Crippen LogP contribution is 2.06. The summed E-state index contributed by atoms with van der Waals surface area (Å²) in [6, 6.07) is 0. The lowest BCUT2D eigenvalue weighted by atomic mass is 10.4. The van der Waals surface area contributed by atoms with Crippen LogP contribution >= 0.6 is 0 Å². The normalized spacial score (nSPS) is 14.7. The van der Waals surface area contributed by atoms with Gasteiger partial charge in [-0.15, -0.1) is 0 Å². The third-order valence-corrected chi connectivity index (χ3v) is 3.33. The van der Waals surface area contributed by atoms with Crippen LogP contribution in [0.4, 0.5) is 0 Å². The van der Waals surface area contributed by atoms with Gasteiger partial charge in [-0.25, -0.2) is 8.42 Å². The lowest BCUT2D eigenvalue weighted by Crippen LogP contribution is -2.29. The SMILES string of the molecule is CC(OCCn1cc(S(C)(=O)=O)cn1)/C(N)=N/O. The van der Waals surface area contributed by atoms with Crippen LogP contribution in [0, 0.1) is 0 Å². The average molecular weight is 276 g/mol. The molecule has 0 saturated carbocycles. The van der Waals surface area contributed by atoms with Crippen LogP contribution in [0.15, 0.2) is 22.4 Å². The number of amidine groups is 1. The van der Waals surface area contributed by atoms with Crippen LogP contribution in [0.1, 0.15) is 6.92 Å². The van der Waals surface area contributed by atoms with Crippen molar-refractivity contribution in [1.82, 2.24) is 9.78 Å². The van der Waals surface area contributed by atoms with E-state index in [4.69, 9.17) is 15.7 Å². The van der Waals surface area contributed by atoms with Crippen molar-refractivity contribution in [3.05, 3.63) is 12.4 Å². The molecule has 3 N–H and O–H groups in total. The molecular weight excluding hydrogens is 260 g/mol. The van der Waals surface area contributed by atoms with Gasteiger partial charge in [0.05, 0.1) is 19.3 Å². The van der Waals surface area contributed by atoms with Crippen molar-refractivity contribution in [1.29, 1.82) is 0 Å². The zero-order valence-corrected chi connectivity index (χ0v) is 11.0. The highest BCUT2D eigenvalue weighted by molar-refractivity contribution is 7.90. The number of sulfone groups is 1. The number of nitrogens with two attached hydrogens (primary N) is 1. The van der Waals surface area contributed by atoms with E-state index in [1.807, 2.05) is 0 Å². The first kappa shape index (κ1) is 14.5. The van der Waals surface area contributed by atoms with Gasteiger partial charge in [0.15, 0.2) is 15.7 Å². The van der Waals surface area contributed by atoms with E-state index in [1.54, 1.807) is 6.92 Å². The molecule has 1 unspecified atom stereocenters. The molecule has 0 aliphatic carbocycles. The molecule has 0 fully saturated rings. The predicted molar refractivity (Wildman–Crippen MR) is 64.2 cm³/mol. The number of aromatic nitrogens is 2. The minimum Gasteiger partial charge on any atom is -0.409 e. The molecule has 0 saturated heterocycles. The number of hydrogen-bond donors (Lipinski definition) is 2. The fourth-order valence-corrected chi connectivity index (χ4v) is 1.70. The van der Waals surface area contributed by atoms with Crippen molar-refractivity contribution in [2.24, 2.45) is 10.9 Å². The Morgan fingerprint density at radius 3 is 2.89 bits per heavy atom. The summed E-state index contributed by atoms with van der Waals surface area (Å²) in [6.07, 6.45) is 3.31. The quantitative estimate of drug-likeness (QED) is 0.311. The maximum Gasteiger partial charge on any atom is 0.178 e. The Morgan fingerprint density at radius 2 is 2.39 bits per heavy atom. The van der Waals surface area contributed by atoms with Gasteiger partial charge in [-0.05, 0) is 6.92 Å². The van der Waals surface area contributed by atoms with Gasteiger partial charge in [-0.3, -0.25) is 4.68 Å². The molecule has 1 rings (SSSR count). The van der Waals surface area contributed by atoms with E-state index in [9.17, 15) is 8.42 Å². The molecule has 18 heavy (non-hydrogen) atoms. The van der Waals surface area contributed by atoms with Gasteiger partial charge in [0.1, 0.15) is 11.0 Å². The van der Waals surface area contributed by atoms with Crippen LogP contribution in [0.2, 0.25) is 0 Å².